The zero-order valence-electron chi connectivity index (χ0n) is 16.3. The summed E-state index contributed by atoms with van der Waals surface area (Å²) >= 11 is 0. The molecule has 2 heterocycles. The lowest BCUT2D eigenvalue weighted by Gasteiger charge is -2.12. The van der Waals surface area contributed by atoms with Crippen molar-refractivity contribution in [1.82, 2.24) is 25.2 Å². The molecule has 0 amide bonds. The number of aromatic nitrogens is 3. The predicted octanol–water partition coefficient (Wildman–Crippen LogP) is 2.71. The van der Waals surface area contributed by atoms with Gasteiger partial charge in [0.1, 0.15) is 11.6 Å². The molecule has 3 aromatic rings. The molecule has 3 rings (SSSR count). The molecule has 0 radical (unpaired) electrons. The van der Waals surface area contributed by atoms with Crippen LogP contribution in [0.1, 0.15) is 34.3 Å². The zero-order valence-corrected chi connectivity index (χ0v) is 16.3. The maximum absolute atomic E-state index is 5.58. The van der Waals surface area contributed by atoms with E-state index in [9.17, 15) is 0 Å². The Morgan fingerprint density at radius 2 is 1.93 bits per heavy atom. The van der Waals surface area contributed by atoms with Crippen molar-refractivity contribution in [3.8, 4) is 0 Å². The Hall–Kier alpha value is -3.09. The Balaban J connectivity index is 1.55. The van der Waals surface area contributed by atoms with Crippen molar-refractivity contribution < 1.29 is 4.42 Å². The molecule has 0 aliphatic rings. The first kappa shape index (κ1) is 18.7. The maximum atomic E-state index is 5.58. The first-order valence-corrected chi connectivity index (χ1v) is 8.98. The molecule has 0 aliphatic carbocycles. The van der Waals surface area contributed by atoms with Gasteiger partial charge in [-0.15, -0.1) is 0 Å². The van der Waals surface area contributed by atoms with Crippen molar-refractivity contribution in [1.29, 1.82) is 0 Å². The molecule has 0 spiro atoms. The van der Waals surface area contributed by atoms with Crippen LogP contribution in [0, 0.1) is 20.8 Å². The quantitative estimate of drug-likeness (QED) is 0.518. The van der Waals surface area contributed by atoms with Gasteiger partial charge in [0.15, 0.2) is 5.96 Å². The molecule has 0 fully saturated rings. The van der Waals surface area contributed by atoms with Gasteiger partial charge < -0.3 is 19.6 Å². The number of nitrogens with zero attached hydrogens (tertiary/aromatic N) is 4. The van der Waals surface area contributed by atoms with E-state index in [4.69, 9.17) is 4.42 Å². The van der Waals surface area contributed by atoms with E-state index in [1.807, 2.05) is 33.2 Å². The highest BCUT2D eigenvalue weighted by Gasteiger charge is 2.07. The highest BCUT2D eigenvalue weighted by atomic mass is 16.4. The summed E-state index contributed by atoms with van der Waals surface area (Å²) in [7, 11) is 1.75. The summed E-state index contributed by atoms with van der Waals surface area (Å²) in [5.41, 5.74) is 3.35. The van der Waals surface area contributed by atoms with Gasteiger partial charge >= 0.3 is 0 Å². The van der Waals surface area contributed by atoms with Gasteiger partial charge in [-0.3, -0.25) is 4.99 Å². The van der Waals surface area contributed by atoms with E-state index < -0.39 is 0 Å². The molecule has 0 atom stereocenters. The fourth-order valence-electron chi connectivity index (χ4n) is 2.79. The Kier molecular flexibility index (Phi) is 5.90. The van der Waals surface area contributed by atoms with Crippen molar-refractivity contribution in [2.24, 2.45) is 4.99 Å². The van der Waals surface area contributed by atoms with Gasteiger partial charge in [0.25, 0.3) is 0 Å². The van der Waals surface area contributed by atoms with Gasteiger partial charge in [0.2, 0.25) is 5.89 Å². The largest absolute Gasteiger partial charge is 0.444 e. The lowest BCUT2D eigenvalue weighted by Crippen LogP contribution is -2.36. The first-order valence-electron chi connectivity index (χ1n) is 8.98. The van der Waals surface area contributed by atoms with Crippen molar-refractivity contribution >= 4 is 5.96 Å². The summed E-state index contributed by atoms with van der Waals surface area (Å²) < 4.78 is 7.72. The monoisotopic (exact) mass is 366 g/mol. The van der Waals surface area contributed by atoms with Gasteiger partial charge in [-0.05, 0) is 31.9 Å². The number of hydrogen-bond acceptors (Lipinski definition) is 4. The third-order valence-electron chi connectivity index (χ3n) is 4.43. The summed E-state index contributed by atoms with van der Waals surface area (Å²) in [6.45, 7) is 7.85. The second kappa shape index (κ2) is 8.53. The Labute approximate surface area is 159 Å². The molecule has 2 N–H and O–H groups in total. The van der Waals surface area contributed by atoms with Crippen molar-refractivity contribution in [3.05, 3.63) is 71.0 Å². The zero-order chi connectivity index (χ0) is 19.2. The molecule has 2 aromatic heterocycles. The fraction of sp³-hybridized carbons (Fsp3) is 0.350. The normalized spacial score (nSPS) is 11.6. The Morgan fingerprint density at radius 3 is 2.59 bits per heavy atom. The van der Waals surface area contributed by atoms with E-state index in [-0.39, 0.29) is 0 Å². The average molecular weight is 366 g/mol. The summed E-state index contributed by atoms with van der Waals surface area (Å²) in [6.07, 6.45) is 3.82. The third-order valence-corrected chi connectivity index (χ3v) is 4.43. The molecule has 7 nitrogen and oxygen atoms in total. The highest BCUT2D eigenvalue weighted by molar-refractivity contribution is 5.79. The van der Waals surface area contributed by atoms with E-state index in [2.05, 4.69) is 54.4 Å². The molecule has 1 aromatic carbocycles. The van der Waals surface area contributed by atoms with Crippen LogP contribution in [0.25, 0.3) is 0 Å². The van der Waals surface area contributed by atoms with Gasteiger partial charge in [-0.1, -0.05) is 24.3 Å². The highest BCUT2D eigenvalue weighted by Crippen LogP contribution is 2.09. The van der Waals surface area contributed by atoms with Gasteiger partial charge in [0, 0.05) is 32.5 Å². The third kappa shape index (κ3) is 4.97. The summed E-state index contributed by atoms with van der Waals surface area (Å²) in [4.78, 5) is 12.9. The van der Waals surface area contributed by atoms with Crippen LogP contribution >= 0.6 is 0 Å². The molecular weight excluding hydrogens is 340 g/mol. The minimum Gasteiger partial charge on any atom is -0.444 e. The lowest BCUT2D eigenvalue weighted by molar-refractivity contribution is 0.463. The molecule has 0 saturated carbocycles. The van der Waals surface area contributed by atoms with Crippen LogP contribution in [0.3, 0.4) is 0 Å². The molecule has 0 bridgehead atoms. The van der Waals surface area contributed by atoms with Crippen LogP contribution < -0.4 is 10.6 Å². The smallest absolute Gasteiger partial charge is 0.214 e. The first-order chi connectivity index (χ1) is 13.0. The standard InChI is InChI=1S/C20H26N6O/c1-14-15(2)27-19(25-14)12-24-20(21-4)23-11-17-6-5-7-18(10-17)13-26-9-8-22-16(26)3/h5-10H,11-13H2,1-4H3,(H2,21,23,24). The van der Waals surface area contributed by atoms with Crippen molar-refractivity contribution in [2.75, 3.05) is 7.05 Å². The minimum absolute atomic E-state index is 0.494. The second-order valence-electron chi connectivity index (χ2n) is 6.45. The van der Waals surface area contributed by atoms with Crippen LogP contribution in [-0.4, -0.2) is 27.5 Å². The van der Waals surface area contributed by atoms with E-state index in [0.29, 0.717) is 24.9 Å². The van der Waals surface area contributed by atoms with Crippen LogP contribution in [0.5, 0.6) is 0 Å². The molecule has 0 saturated heterocycles. The Morgan fingerprint density at radius 1 is 1.15 bits per heavy atom. The minimum atomic E-state index is 0.494. The number of oxazole rings is 1. The molecule has 0 aliphatic heterocycles. The molecular formula is C20H26N6O. The number of aliphatic imine (C=N–C) groups is 1. The number of benzene rings is 1. The fourth-order valence-corrected chi connectivity index (χ4v) is 2.79. The van der Waals surface area contributed by atoms with Crippen molar-refractivity contribution in [2.45, 2.75) is 40.4 Å². The number of imidazole rings is 1. The summed E-state index contributed by atoms with van der Waals surface area (Å²) in [5.74, 6) is 3.23. The van der Waals surface area contributed by atoms with Gasteiger partial charge in [-0.25, -0.2) is 9.97 Å². The van der Waals surface area contributed by atoms with E-state index >= 15 is 0 Å². The van der Waals surface area contributed by atoms with Crippen LogP contribution in [0.4, 0.5) is 0 Å². The van der Waals surface area contributed by atoms with Crippen LogP contribution in [0.15, 0.2) is 46.1 Å². The SMILES string of the molecule is CN=C(NCc1cccc(Cn2ccnc2C)c1)NCc1nc(C)c(C)o1. The van der Waals surface area contributed by atoms with E-state index in [0.717, 1.165) is 23.8 Å². The Bertz CT molecular complexity index is 905. The molecule has 0 unspecified atom stereocenters. The lowest BCUT2D eigenvalue weighted by atomic mass is 10.1. The average Bonchev–Trinajstić information content (AvgIpc) is 3.20. The molecule has 27 heavy (non-hydrogen) atoms. The van der Waals surface area contributed by atoms with E-state index in [1.54, 1.807) is 7.05 Å². The number of rotatable bonds is 6. The number of guanidine groups is 1. The predicted molar refractivity (Wildman–Crippen MR) is 106 cm³/mol. The summed E-state index contributed by atoms with van der Waals surface area (Å²) in [5, 5.41) is 6.55. The van der Waals surface area contributed by atoms with Crippen LogP contribution in [0.2, 0.25) is 0 Å². The van der Waals surface area contributed by atoms with Gasteiger partial charge in [-0.2, -0.15) is 0 Å². The summed E-state index contributed by atoms with van der Waals surface area (Å²) in [6, 6.07) is 8.50. The topological polar surface area (TPSA) is 80.3 Å². The molecule has 142 valence electrons. The second-order valence-corrected chi connectivity index (χ2v) is 6.45. The number of hydrogen-bond donors (Lipinski definition) is 2. The van der Waals surface area contributed by atoms with E-state index in [1.165, 1.54) is 11.1 Å². The van der Waals surface area contributed by atoms with Crippen molar-refractivity contribution in [3.63, 3.8) is 0 Å². The number of aryl methyl sites for hydroxylation is 3. The number of nitrogens with one attached hydrogen (secondary N) is 2. The molecule has 7 heteroatoms. The van der Waals surface area contributed by atoms with Crippen LogP contribution in [-0.2, 0) is 19.6 Å². The maximum Gasteiger partial charge on any atom is 0.214 e. The van der Waals surface area contributed by atoms with Gasteiger partial charge in [0.05, 0.1) is 12.2 Å².